The van der Waals surface area contributed by atoms with E-state index in [9.17, 15) is 9.59 Å². The summed E-state index contributed by atoms with van der Waals surface area (Å²) in [5.74, 6) is -0.239. The van der Waals surface area contributed by atoms with Crippen LogP contribution in [0.5, 0.6) is 0 Å². The van der Waals surface area contributed by atoms with Gasteiger partial charge in [0.05, 0.1) is 11.9 Å². The van der Waals surface area contributed by atoms with Crippen LogP contribution in [0, 0.1) is 0 Å². The topological polar surface area (TPSA) is 137 Å². The molecule has 4 rings (SSSR count). The molecule has 10 heteroatoms. The Morgan fingerprint density at radius 3 is 2.69 bits per heavy atom. The highest BCUT2D eigenvalue weighted by Crippen LogP contribution is 2.20. The van der Waals surface area contributed by atoms with E-state index in [0.717, 1.165) is 42.7 Å². The van der Waals surface area contributed by atoms with Crippen LogP contribution in [0.2, 0.25) is 0 Å². The molecule has 1 saturated heterocycles. The normalized spacial score (nSPS) is 15.1. The molecule has 0 bridgehead atoms. The van der Waals surface area contributed by atoms with E-state index >= 15 is 0 Å². The van der Waals surface area contributed by atoms with Gasteiger partial charge >= 0.3 is 6.03 Å². The fourth-order valence-electron chi connectivity index (χ4n) is 3.97. The van der Waals surface area contributed by atoms with Gasteiger partial charge in [0.25, 0.3) is 5.91 Å². The highest BCUT2D eigenvalue weighted by Gasteiger charge is 2.20. The van der Waals surface area contributed by atoms with Crippen molar-refractivity contribution in [3.63, 3.8) is 0 Å². The lowest BCUT2D eigenvalue weighted by Crippen LogP contribution is -2.46. The monoisotopic (exact) mass is 488 g/mol. The number of hydrogen-bond donors (Lipinski definition) is 5. The highest BCUT2D eigenvalue weighted by atomic mass is 16.2. The van der Waals surface area contributed by atoms with Crippen LogP contribution >= 0.6 is 0 Å². The minimum atomic E-state index is -0.330. The van der Waals surface area contributed by atoms with Crippen LogP contribution in [0.15, 0.2) is 54.7 Å². The van der Waals surface area contributed by atoms with Crippen molar-refractivity contribution in [2.24, 2.45) is 0 Å². The van der Waals surface area contributed by atoms with Gasteiger partial charge in [0.2, 0.25) is 0 Å². The molecule has 0 spiro atoms. The number of carbonyl (C=O) groups excluding carboxylic acids is 2. The lowest BCUT2D eigenvalue weighted by Gasteiger charge is -2.23. The summed E-state index contributed by atoms with van der Waals surface area (Å²) in [6.07, 6.45) is 3.47. The Labute approximate surface area is 210 Å². The molecule has 2 aromatic carbocycles. The van der Waals surface area contributed by atoms with Crippen molar-refractivity contribution >= 4 is 29.1 Å². The van der Waals surface area contributed by atoms with Crippen LogP contribution in [0.3, 0.4) is 0 Å². The number of nitrogens with one attached hydrogen (secondary N) is 4. The third-order valence-electron chi connectivity index (χ3n) is 5.97. The number of benzene rings is 2. The minimum absolute atomic E-state index is 0.0441. The van der Waals surface area contributed by atoms with E-state index in [1.807, 2.05) is 67.5 Å². The molecule has 3 amide bonds. The standard InChI is InChI=1S/C26H32N8O2/c1-34(2)21-10-8-19(9-11-21)32-26(36)30-14-17-5-3-6-18(13-17)22-16-29-24(27)23(33-22)25(35)31-20-7-4-12-28-15-20/h3,5-6,8-11,13,16,20,28H,4,7,12,14-15H2,1-2H3,(H2,27,29)(H,31,35)(H2,30,32,36)/t20-/m0/s1. The molecule has 0 unspecified atom stereocenters. The molecule has 6 N–H and O–H groups in total. The van der Waals surface area contributed by atoms with Gasteiger partial charge in [0, 0.05) is 50.2 Å². The summed E-state index contributed by atoms with van der Waals surface area (Å²) in [6.45, 7) is 2.00. The number of nitrogen functional groups attached to an aromatic ring is 1. The number of piperidine rings is 1. The summed E-state index contributed by atoms with van der Waals surface area (Å²) >= 11 is 0. The third-order valence-corrected chi connectivity index (χ3v) is 5.97. The molecular weight excluding hydrogens is 456 g/mol. The second kappa shape index (κ2) is 11.5. The molecule has 0 saturated carbocycles. The Morgan fingerprint density at radius 1 is 1.17 bits per heavy atom. The second-order valence-electron chi connectivity index (χ2n) is 8.96. The number of amides is 3. The van der Waals surface area contributed by atoms with Crippen molar-refractivity contribution in [3.8, 4) is 11.3 Å². The third kappa shape index (κ3) is 6.48. The largest absolute Gasteiger partial charge is 0.382 e. The van der Waals surface area contributed by atoms with Gasteiger partial charge < -0.3 is 31.9 Å². The lowest BCUT2D eigenvalue weighted by atomic mass is 10.1. The van der Waals surface area contributed by atoms with Gasteiger partial charge in [-0.2, -0.15) is 0 Å². The summed E-state index contributed by atoms with van der Waals surface area (Å²) in [6, 6.07) is 14.9. The molecule has 1 atom stereocenters. The van der Waals surface area contributed by atoms with Crippen LogP contribution in [-0.2, 0) is 6.54 Å². The van der Waals surface area contributed by atoms with Gasteiger partial charge in [-0.25, -0.2) is 14.8 Å². The number of hydrogen-bond acceptors (Lipinski definition) is 7. The quantitative estimate of drug-likeness (QED) is 0.345. The molecular formula is C26H32N8O2. The molecule has 1 aromatic heterocycles. The van der Waals surface area contributed by atoms with Gasteiger partial charge in [-0.3, -0.25) is 4.79 Å². The first-order chi connectivity index (χ1) is 17.4. The average molecular weight is 489 g/mol. The van der Waals surface area contributed by atoms with Crippen molar-refractivity contribution in [3.05, 3.63) is 66.0 Å². The molecule has 2 heterocycles. The number of nitrogens with two attached hydrogens (primary N) is 1. The van der Waals surface area contributed by atoms with E-state index in [1.165, 1.54) is 0 Å². The number of nitrogens with zero attached hydrogens (tertiary/aromatic N) is 3. The summed E-state index contributed by atoms with van der Waals surface area (Å²) in [5.41, 5.74) is 10.0. The van der Waals surface area contributed by atoms with E-state index in [1.54, 1.807) is 6.20 Å². The molecule has 10 nitrogen and oxygen atoms in total. The number of aromatic nitrogens is 2. The van der Waals surface area contributed by atoms with Crippen molar-refractivity contribution in [1.29, 1.82) is 0 Å². The predicted octanol–water partition coefficient (Wildman–Crippen LogP) is 2.60. The number of rotatable bonds is 7. The van der Waals surface area contributed by atoms with Crippen molar-refractivity contribution in [2.45, 2.75) is 25.4 Å². The number of urea groups is 1. The molecule has 3 aromatic rings. The summed E-state index contributed by atoms with van der Waals surface area (Å²) in [4.78, 5) is 35.8. The highest BCUT2D eigenvalue weighted by molar-refractivity contribution is 5.97. The molecule has 1 aliphatic rings. The molecule has 1 fully saturated rings. The first-order valence-corrected chi connectivity index (χ1v) is 11.9. The molecule has 0 aliphatic carbocycles. The lowest BCUT2D eigenvalue weighted by molar-refractivity contribution is 0.0926. The minimum Gasteiger partial charge on any atom is -0.382 e. The van der Waals surface area contributed by atoms with Gasteiger partial charge in [-0.05, 0) is 55.3 Å². The zero-order valence-corrected chi connectivity index (χ0v) is 20.5. The first-order valence-electron chi connectivity index (χ1n) is 11.9. The number of anilines is 3. The van der Waals surface area contributed by atoms with Crippen LogP contribution in [0.4, 0.5) is 22.0 Å². The molecule has 36 heavy (non-hydrogen) atoms. The van der Waals surface area contributed by atoms with Crippen LogP contribution in [-0.4, -0.2) is 55.1 Å². The summed E-state index contributed by atoms with van der Waals surface area (Å²) in [5, 5.41) is 11.9. The maximum atomic E-state index is 12.8. The fraction of sp³-hybridized carbons (Fsp3) is 0.308. The van der Waals surface area contributed by atoms with Gasteiger partial charge in [-0.15, -0.1) is 0 Å². The van der Waals surface area contributed by atoms with E-state index in [0.29, 0.717) is 17.9 Å². The summed E-state index contributed by atoms with van der Waals surface area (Å²) in [7, 11) is 3.92. The average Bonchev–Trinajstić information content (AvgIpc) is 2.89. The molecule has 188 valence electrons. The Kier molecular flexibility index (Phi) is 7.96. The smallest absolute Gasteiger partial charge is 0.319 e. The molecule has 0 radical (unpaired) electrons. The Balaban J connectivity index is 1.39. The van der Waals surface area contributed by atoms with Crippen LogP contribution in [0.25, 0.3) is 11.3 Å². The second-order valence-corrected chi connectivity index (χ2v) is 8.96. The fourth-order valence-corrected chi connectivity index (χ4v) is 3.97. The summed E-state index contributed by atoms with van der Waals surface area (Å²) < 4.78 is 0. The van der Waals surface area contributed by atoms with E-state index in [2.05, 4.69) is 31.2 Å². The zero-order chi connectivity index (χ0) is 25.5. The van der Waals surface area contributed by atoms with E-state index in [-0.39, 0.29) is 29.5 Å². The molecule has 1 aliphatic heterocycles. The maximum absolute atomic E-state index is 12.8. The Morgan fingerprint density at radius 2 is 1.97 bits per heavy atom. The Hall–Kier alpha value is -4.18. The van der Waals surface area contributed by atoms with E-state index in [4.69, 9.17) is 5.73 Å². The SMILES string of the molecule is CN(C)c1ccc(NC(=O)NCc2cccc(-c3cnc(N)c(C(=O)N[C@H]4CCCNC4)n3)c2)cc1. The van der Waals surface area contributed by atoms with Gasteiger partial charge in [0.1, 0.15) is 0 Å². The van der Waals surface area contributed by atoms with Crippen LogP contribution in [0.1, 0.15) is 28.9 Å². The van der Waals surface area contributed by atoms with Crippen molar-refractivity contribution in [2.75, 3.05) is 43.1 Å². The van der Waals surface area contributed by atoms with Gasteiger partial charge in [0.15, 0.2) is 11.5 Å². The van der Waals surface area contributed by atoms with Crippen molar-refractivity contribution < 1.29 is 9.59 Å². The zero-order valence-electron chi connectivity index (χ0n) is 20.5. The van der Waals surface area contributed by atoms with Crippen LogP contribution < -0.4 is 31.9 Å². The number of carbonyl (C=O) groups is 2. The van der Waals surface area contributed by atoms with E-state index < -0.39 is 0 Å². The Bertz CT molecular complexity index is 1210. The first kappa shape index (κ1) is 24.9. The maximum Gasteiger partial charge on any atom is 0.319 e. The predicted molar refractivity (Wildman–Crippen MR) is 142 cm³/mol. The van der Waals surface area contributed by atoms with Crippen molar-refractivity contribution in [1.82, 2.24) is 25.9 Å². The van der Waals surface area contributed by atoms with Gasteiger partial charge in [-0.1, -0.05) is 18.2 Å².